The number of thioether (sulfide) groups is 1. The van der Waals surface area contributed by atoms with E-state index < -0.39 is 0 Å². The summed E-state index contributed by atoms with van der Waals surface area (Å²) in [5.74, 6) is 0.113. The topological polar surface area (TPSA) is 29.1 Å². The second-order valence-corrected chi connectivity index (χ2v) is 6.64. The zero-order valence-corrected chi connectivity index (χ0v) is 14.2. The van der Waals surface area contributed by atoms with Crippen molar-refractivity contribution in [1.29, 1.82) is 0 Å². The summed E-state index contributed by atoms with van der Waals surface area (Å²) in [5, 5.41) is 4.59. The van der Waals surface area contributed by atoms with Crippen LogP contribution in [0.1, 0.15) is 5.56 Å². The summed E-state index contributed by atoms with van der Waals surface area (Å²) >= 11 is 19.3. The third-order valence-corrected chi connectivity index (χ3v) is 4.85. The van der Waals surface area contributed by atoms with Crippen molar-refractivity contribution in [1.82, 2.24) is 0 Å². The van der Waals surface area contributed by atoms with Gasteiger partial charge in [0.1, 0.15) is 0 Å². The summed E-state index contributed by atoms with van der Waals surface area (Å²) in [7, 11) is 0. The Morgan fingerprint density at radius 2 is 1.86 bits per heavy atom. The van der Waals surface area contributed by atoms with Crippen LogP contribution < -0.4 is 5.32 Å². The number of carbonyl (C=O) groups is 1. The fourth-order valence-electron chi connectivity index (χ4n) is 1.60. The largest absolute Gasteiger partial charge is 0.325 e. The predicted molar refractivity (Wildman–Crippen MR) is 92.0 cm³/mol. The number of hydrogen-bond acceptors (Lipinski definition) is 2. The van der Waals surface area contributed by atoms with E-state index in [1.807, 2.05) is 19.1 Å². The van der Waals surface area contributed by atoms with E-state index in [2.05, 4.69) is 5.32 Å². The second-order valence-electron chi connectivity index (χ2n) is 4.38. The number of nitrogens with one attached hydrogen (secondary N) is 1. The molecule has 6 heteroatoms. The Hall–Kier alpha value is -0.870. The van der Waals surface area contributed by atoms with Gasteiger partial charge in [-0.25, -0.2) is 0 Å². The van der Waals surface area contributed by atoms with E-state index >= 15 is 0 Å². The molecule has 0 aliphatic rings. The minimum absolute atomic E-state index is 0.129. The van der Waals surface area contributed by atoms with Crippen molar-refractivity contribution in [3.05, 3.63) is 57.0 Å². The van der Waals surface area contributed by atoms with Gasteiger partial charge >= 0.3 is 0 Å². The first kappa shape index (κ1) is 16.5. The molecule has 0 aromatic heterocycles. The van der Waals surface area contributed by atoms with E-state index in [4.69, 9.17) is 34.8 Å². The number of hydrogen-bond donors (Lipinski definition) is 1. The van der Waals surface area contributed by atoms with Crippen molar-refractivity contribution in [3.63, 3.8) is 0 Å². The summed E-state index contributed by atoms with van der Waals surface area (Å²) < 4.78 is 0. The minimum atomic E-state index is -0.129. The van der Waals surface area contributed by atoms with Crippen LogP contribution in [0.25, 0.3) is 0 Å². The molecule has 110 valence electrons. The maximum atomic E-state index is 11.9. The van der Waals surface area contributed by atoms with Crippen molar-refractivity contribution >= 4 is 58.2 Å². The maximum absolute atomic E-state index is 11.9. The zero-order chi connectivity index (χ0) is 15.4. The molecular weight excluding hydrogens is 349 g/mol. The van der Waals surface area contributed by atoms with Gasteiger partial charge in [-0.1, -0.05) is 40.9 Å². The minimum Gasteiger partial charge on any atom is -0.325 e. The van der Waals surface area contributed by atoms with E-state index in [0.29, 0.717) is 20.8 Å². The highest BCUT2D eigenvalue weighted by Crippen LogP contribution is 2.30. The molecule has 21 heavy (non-hydrogen) atoms. The van der Waals surface area contributed by atoms with Crippen LogP contribution in [0.4, 0.5) is 5.69 Å². The van der Waals surface area contributed by atoms with Gasteiger partial charge in [0.25, 0.3) is 0 Å². The molecule has 0 bridgehead atoms. The molecule has 2 aromatic rings. The Morgan fingerprint density at radius 1 is 1.10 bits per heavy atom. The summed E-state index contributed by atoms with van der Waals surface area (Å²) in [6.07, 6.45) is 0. The van der Waals surface area contributed by atoms with Crippen LogP contribution >= 0.6 is 46.6 Å². The first-order valence-corrected chi connectivity index (χ1v) is 8.21. The van der Waals surface area contributed by atoms with Crippen LogP contribution in [0.2, 0.25) is 15.1 Å². The first-order valence-electron chi connectivity index (χ1n) is 6.09. The zero-order valence-electron chi connectivity index (χ0n) is 11.1. The Labute approximate surface area is 142 Å². The Kier molecular flexibility index (Phi) is 5.82. The number of halogens is 3. The summed E-state index contributed by atoms with van der Waals surface area (Å²) in [4.78, 5) is 12.7. The molecule has 2 aromatic carbocycles. The molecule has 0 heterocycles. The summed E-state index contributed by atoms with van der Waals surface area (Å²) in [6.45, 7) is 1.91. The van der Waals surface area contributed by atoms with Gasteiger partial charge in [0.05, 0.1) is 10.8 Å². The maximum Gasteiger partial charge on any atom is 0.234 e. The molecule has 0 fully saturated rings. The number of anilines is 1. The molecule has 1 amide bonds. The van der Waals surface area contributed by atoms with Crippen molar-refractivity contribution in [3.8, 4) is 0 Å². The quantitative estimate of drug-likeness (QED) is 0.710. The van der Waals surface area contributed by atoms with Gasteiger partial charge in [-0.3, -0.25) is 4.79 Å². The molecule has 0 atom stereocenters. The molecule has 0 aliphatic carbocycles. The fraction of sp³-hybridized carbons (Fsp3) is 0.133. The number of benzene rings is 2. The SMILES string of the molecule is Cc1ccc(NC(=O)CSc2cc(Cl)ccc2Cl)cc1Cl. The molecule has 0 spiro atoms. The molecule has 0 unspecified atom stereocenters. The molecule has 0 radical (unpaired) electrons. The van der Waals surface area contributed by atoms with E-state index in [9.17, 15) is 4.79 Å². The lowest BCUT2D eigenvalue weighted by atomic mass is 10.2. The van der Waals surface area contributed by atoms with Gasteiger partial charge in [-0.2, -0.15) is 0 Å². The van der Waals surface area contributed by atoms with Gasteiger partial charge in [-0.05, 0) is 42.8 Å². The molecule has 0 saturated heterocycles. The second kappa shape index (κ2) is 7.41. The van der Waals surface area contributed by atoms with Crippen LogP contribution in [0.15, 0.2) is 41.3 Å². The van der Waals surface area contributed by atoms with Gasteiger partial charge in [-0.15, -0.1) is 11.8 Å². The fourth-order valence-corrected chi connectivity index (χ4v) is 3.07. The lowest BCUT2D eigenvalue weighted by Gasteiger charge is -2.08. The number of carbonyl (C=O) groups excluding carboxylic acids is 1. The lowest BCUT2D eigenvalue weighted by Crippen LogP contribution is -2.14. The van der Waals surface area contributed by atoms with E-state index in [1.165, 1.54) is 11.8 Å². The van der Waals surface area contributed by atoms with Crippen molar-refractivity contribution in [2.24, 2.45) is 0 Å². The van der Waals surface area contributed by atoms with Crippen LogP contribution in [0, 0.1) is 6.92 Å². The lowest BCUT2D eigenvalue weighted by molar-refractivity contribution is -0.113. The summed E-state index contributed by atoms with van der Waals surface area (Å²) in [5.41, 5.74) is 1.64. The van der Waals surface area contributed by atoms with E-state index in [-0.39, 0.29) is 11.7 Å². The van der Waals surface area contributed by atoms with Crippen molar-refractivity contribution < 1.29 is 4.79 Å². The Morgan fingerprint density at radius 3 is 2.57 bits per heavy atom. The molecule has 1 N–H and O–H groups in total. The highest BCUT2D eigenvalue weighted by molar-refractivity contribution is 8.00. The highest BCUT2D eigenvalue weighted by atomic mass is 35.5. The van der Waals surface area contributed by atoms with Crippen LogP contribution in [0.5, 0.6) is 0 Å². The summed E-state index contributed by atoms with van der Waals surface area (Å²) in [6, 6.07) is 10.6. The average Bonchev–Trinajstić information content (AvgIpc) is 2.44. The molecule has 2 rings (SSSR count). The number of aryl methyl sites for hydroxylation is 1. The first-order chi connectivity index (χ1) is 9.95. The van der Waals surface area contributed by atoms with Crippen LogP contribution in [-0.2, 0) is 4.79 Å². The standard InChI is InChI=1S/C15H12Cl3NOS/c1-9-2-4-11(7-13(9)18)19-15(20)8-21-14-6-10(16)3-5-12(14)17/h2-7H,8H2,1H3,(H,19,20). The third-order valence-electron chi connectivity index (χ3n) is 2.71. The normalized spacial score (nSPS) is 10.5. The molecular formula is C15H12Cl3NOS. The van der Waals surface area contributed by atoms with Crippen LogP contribution in [-0.4, -0.2) is 11.7 Å². The predicted octanol–water partition coefficient (Wildman–Crippen LogP) is 5.69. The monoisotopic (exact) mass is 359 g/mol. The highest BCUT2D eigenvalue weighted by Gasteiger charge is 2.08. The van der Waals surface area contributed by atoms with Gasteiger partial charge in [0, 0.05) is 20.6 Å². The van der Waals surface area contributed by atoms with Crippen LogP contribution in [0.3, 0.4) is 0 Å². The Balaban J connectivity index is 1.95. The van der Waals surface area contributed by atoms with Gasteiger partial charge in [0.15, 0.2) is 0 Å². The average molecular weight is 361 g/mol. The van der Waals surface area contributed by atoms with Gasteiger partial charge < -0.3 is 5.32 Å². The molecule has 0 aliphatic heterocycles. The van der Waals surface area contributed by atoms with Crippen molar-refractivity contribution in [2.75, 3.05) is 11.1 Å². The smallest absolute Gasteiger partial charge is 0.234 e. The Bertz CT molecular complexity index is 676. The number of rotatable bonds is 4. The molecule has 2 nitrogen and oxygen atoms in total. The van der Waals surface area contributed by atoms with Gasteiger partial charge in [0.2, 0.25) is 5.91 Å². The third kappa shape index (κ3) is 4.82. The number of amides is 1. The van der Waals surface area contributed by atoms with E-state index in [1.54, 1.807) is 24.3 Å². The van der Waals surface area contributed by atoms with Crippen molar-refractivity contribution in [2.45, 2.75) is 11.8 Å². The molecule has 0 saturated carbocycles. The van der Waals surface area contributed by atoms with E-state index in [0.717, 1.165) is 10.5 Å².